The van der Waals surface area contributed by atoms with Crippen LogP contribution in [0.1, 0.15) is 33.6 Å². The number of ether oxygens (including phenoxy) is 1. The van der Waals surface area contributed by atoms with Crippen molar-refractivity contribution >= 4 is 17.1 Å². The molecule has 0 spiro atoms. The average Bonchev–Trinajstić information content (AvgIpc) is 2.89. The number of fused-ring (bicyclic) bond motifs is 1. The van der Waals surface area contributed by atoms with Gasteiger partial charge in [0.1, 0.15) is 5.60 Å². The van der Waals surface area contributed by atoms with Crippen LogP contribution in [-0.4, -0.2) is 49.9 Å². The first-order valence-electron chi connectivity index (χ1n) is 8.36. The quantitative estimate of drug-likeness (QED) is 0.919. The maximum Gasteiger partial charge on any atom is 0.410 e. The Morgan fingerprint density at radius 3 is 2.62 bits per heavy atom. The Bertz CT molecular complexity index is 724. The van der Waals surface area contributed by atoms with Gasteiger partial charge in [0.25, 0.3) is 0 Å². The van der Waals surface area contributed by atoms with Crippen LogP contribution in [0.5, 0.6) is 0 Å². The van der Waals surface area contributed by atoms with E-state index in [1.54, 1.807) is 11.2 Å². The highest BCUT2D eigenvalue weighted by atomic mass is 16.6. The van der Waals surface area contributed by atoms with Crippen molar-refractivity contribution in [1.29, 1.82) is 0 Å². The lowest BCUT2D eigenvalue weighted by Crippen LogP contribution is -2.49. The highest BCUT2D eigenvalue weighted by Gasteiger charge is 2.35. The van der Waals surface area contributed by atoms with E-state index in [9.17, 15) is 9.90 Å². The molecule has 0 unspecified atom stereocenters. The van der Waals surface area contributed by atoms with Crippen LogP contribution in [0.15, 0.2) is 30.6 Å². The maximum absolute atomic E-state index is 12.1. The van der Waals surface area contributed by atoms with Crippen molar-refractivity contribution in [2.45, 2.75) is 51.4 Å². The molecule has 0 bridgehead atoms. The number of carbonyl (C=O) groups excluding carboxylic acids is 1. The van der Waals surface area contributed by atoms with E-state index in [4.69, 9.17) is 4.74 Å². The fraction of sp³-hybridized carbons (Fsp3) is 0.556. The highest BCUT2D eigenvalue weighted by Crippen LogP contribution is 2.27. The Kier molecular flexibility index (Phi) is 4.25. The molecule has 1 saturated heterocycles. The second-order valence-electron chi connectivity index (χ2n) is 7.55. The summed E-state index contributed by atoms with van der Waals surface area (Å²) in [5.74, 6) is 0. The zero-order valence-corrected chi connectivity index (χ0v) is 14.5. The third-order valence-electron chi connectivity index (χ3n) is 4.34. The highest BCUT2D eigenvalue weighted by molar-refractivity contribution is 5.75. The Morgan fingerprint density at radius 2 is 1.96 bits per heavy atom. The number of hydrogen-bond acceptors (Lipinski definition) is 4. The maximum atomic E-state index is 12.1. The van der Waals surface area contributed by atoms with Crippen molar-refractivity contribution in [3.63, 3.8) is 0 Å². The summed E-state index contributed by atoms with van der Waals surface area (Å²) in [5.41, 5.74) is 0.607. The van der Waals surface area contributed by atoms with Gasteiger partial charge in [0.05, 0.1) is 29.5 Å². The number of piperidine rings is 1. The number of rotatable bonds is 2. The third-order valence-corrected chi connectivity index (χ3v) is 4.34. The number of hydrogen-bond donors (Lipinski definition) is 1. The van der Waals surface area contributed by atoms with Crippen molar-refractivity contribution in [3.8, 4) is 0 Å². The normalized spacial score (nSPS) is 17.9. The minimum atomic E-state index is -0.831. The zero-order valence-electron chi connectivity index (χ0n) is 14.5. The molecule has 3 rings (SSSR count). The molecule has 0 aliphatic carbocycles. The lowest BCUT2D eigenvalue weighted by molar-refractivity contribution is -0.0408. The van der Waals surface area contributed by atoms with Gasteiger partial charge in [-0.15, -0.1) is 0 Å². The van der Waals surface area contributed by atoms with Gasteiger partial charge in [-0.25, -0.2) is 9.78 Å². The van der Waals surface area contributed by atoms with Crippen LogP contribution >= 0.6 is 0 Å². The van der Waals surface area contributed by atoms with Crippen molar-refractivity contribution in [1.82, 2.24) is 14.5 Å². The van der Waals surface area contributed by atoms with Gasteiger partial charge in [-0.05, 0) is 45.7 Å². The first-order chi connectivity index (χ1) is 11.3. The first-order valence-corrected chi connectivity index (χ1v) is 8.36. The number of aliphatic hydroxyl groups is 1. The number of nitrogens with zero attached hydrogens (tertiary/aromatic N) is 3. The summed E-state index contributed by atoms with van der Waals surface area (Å²) in [4.78, 5) is 18.2. The average molecular weight is 331 g/mol. The zero-order chi connectivity index (χ0) is 17.4. The molecule has 1 aromatic heterocycles. The Morgan fingerprint density at radius 1 is 1.29 bits per heavy atom. The van der Waals surface area contributed by atoms with Gasteiger partial charge >= 0.3 is 6.09 Å². The summed E-state index contributed by atoms with van der Waals surface area (Å²) < 4.78 is 7.38. The molecule has 0 saturated carbocycles. The fourth-order valence-corrected chi connectivity index (χ4v) is 3.04. The lowest BCUT2D eigenvalue weighted by Gasteiger charge is -2.38. The van der Waals surface area contributed by atoms with Gasteiger partial charge in [0, 0.05) is 13.1 Å². The molecule has 0 radical (unpaired) electrons. The van der Waals surface area contributed by atoms with Crippen LogP contribution in [0.25, 0.3) is 11.0 Å². The summed E-state index contributed by atoms with van der Waals surface area (Å²) in [6, 6.07) is 7.88. The van der Waals surface area contributed by atoms with Crippen LogP contribution < -0.4 is 0 Å². The van der Waals surface area contributed by atoms with Crippen molar-refractivity contribution in [2.75, 3.05) is 13.1 Å². The number of amides is 1. The summed E-state index contributed by atoms with van der Waals surface area (Å²) in [6.45, 7) is 7.05. The molecule has 6 heteroatoms. The van der Waals surface area contributed by atoms with Crippen LogP contribution in [0, 0.1) is 0 Å². The number of para-hydroxylation sites is 2. The molecule has 1 aliphatic rings. The van der Waals surface area contributed by atoms with Crippen molar-refractivity contribution in [3.05, 3.63) is 30.6 Å². The van der Waals surface area contributed by atoms with Crippen LogP contribution in [0.2, 0.25) is 0 Å². The molecule has 1 amide bonds. The summed E-state index contributed by atoms with van der Waals surface area (Å²) >= 11 is 0. The van der Waals surface area contributed by atoms with E-state index in [0.717, 1.165) is 11.0 Å². The smallest absolute Gasteiger partial charge is 0.410 e. The Balaban J connectivity index is 1.63. The number of likely N-dealkylation sites (tertiary alicyclic amines) is 1. The molecule has 1 aliphatic heterocycles. The predicted molar refractivity (Wildman–Crippen MR) is 91.7 cm³/mol. The topological polar surface area (TPSA) is 67.6 Å². The molecule has 130 valence electrons. The molecule has 0 atom stereocenters. The molecular weight excluding hydrogens is 306 g/mol. The molecule has 2 aromatic rings. The lowest BCUT2D eigenvalue weighted by atomic mass is 9.91. The van der Waals surface area contributed by atoms with Gasteiger partial charge in [0.15, 0.2) is 0 Å². The molecule has 6 nitrogen and oxygen atoms in total. The molecule has 1 fully saturated rings. The van der Waals surface area contributed by atoms with E-state index < -0.39 is 11.2 Å². The Hall–Kier alpha value is -2.08. The van der Waals surface area contributed by atoms with Crippen LogP contribution in [0.4, 0.5) is 4.79 Å². The number of imidazole rings is 1. The molecule has 1 aromatic carbocycles. The summed E-state index contributed by atoms with van der Waals surface area (Å²) in [5, 5.41) is 10.9. The summed E-state index contributed by atoms with van der Waals surface area (Å²) in [7, 11) is 0. The summed E-state index contributed by atoms with van der Waals surface area (Å²) in [6.07, 6.45) is 2.51. The molecular formula is C18H25N3O3. The number of benzene rings is 1. The van der Waals surface area contributed by atoms with Gasteiger partial charge in [-0.3, -0.25) is 0 Å². The largest absolute Gasteiger partial charge is 0.444 e. The van der Waals surface area contributed by atoms with Gasteiger partial charge in [0.2, 0.25) is 0 Å². The van der Waals surface area contributed by atoms with Crippen LogP contribution in [-0.2, 0) is 11.3 Å². The van der Waals surface area contributed by atoms with Gasteiger partial charge < -0.3 is 19.3 Å². The number of carbonyl (C=O) groups is 1. The SMILES string of the molecule is CC(C)(C)OC(=O)N1CCC(O)(Cn2cnc3ccccc32)CC1. The molecule has 24 heavy (non-hydrogen) atoms. The van der Waals surface area contributed by atoms with Crippen LogP contribution in [0.3, 0.4) is 0 Å². The predicted octanol–water partition coefficient (Wildman–Crippen LogP) is 2.80. The monoisotopic (exact) mass is 331 g/mol. The minimum absolute atomic E-state index is 0.308. The minimum Gasteiger partial charge on any atom is -0.444 e. The van der Waals surface area contributed by atoms with Crippen molar-refractivity contribution in [2.24, 2.45) is 0 Å². The molecule has 1 N–H and O–H groups in total. The second-order valence-corrected chi connectivity index (χ2v) is 7.55. The molecule has 2 heterocycles. The third kappa shape index (κ3) is 3.70. The number of aromatic nitrogens is 2. The van der Waals surface area contributed by atoms with E-state index in [2.05, 4.69) is 4.98 Å². The van der Waals surface area contributed by atoms with E-state index in [1.807, 2.05) is 49.6 Å². The van der Waals surface area contributed by atoms with E-state index in [1.165, 1.54) is 0 Å². The fourth-order valence-electron chi connectivity index (χ4n) is 3.04. The van der Waals surface area contributed by atoms with Gasteiger partial charge in [-0.2, -0.15) is 0 Å². The van der Waals surface area contributed by atoms with Gasteiger partial charge in [-0.1, -0.05) is 12.1 Å². The first kappa shape index (κ1) is 16.8. The van der Waals surface area contributed by atoms with Crippen molar-refractivity contribution < 1.29 is 14.6 Å². The second kappa shape index (κ2) is 6.09. The van der Waals surface area contributed by atoms with E-state index in [-0.39, 0.29) is 6.09 Å². The van der Waals surface area contributed by atoms with E-state index >= 15 is 0 Å². The standard InChI is InChI=1S/C18H25N3O3/c1-17(2,3)24-16(22)20-10-8-18(23,9-11-20)12-21-13-19-14-6-4-5-7-15(14)21/h4-7,13,23H,8-12H2,1-3H3. The Labute approximate surface area is 142 Å². The van der Waals surface area contributed by atoms with E-state index in [0.29, 0.717) is 32.5 Å².